The number of hydrogen-bond donors (Lipinski definition) is 1. The summed E-state index contributed by atoms with van der Waals surface area (Å²) in [5.41, 5.74) is 1.89. The summed E-state index contributed by atoms with van der Waals surface area (Å²) in [6.07, 6.45) is 1.66. The first-order valence-corrected chi connectivity index (χ1v) is 10.7. The van der Waals surface area contributed by atoms with Crippen molar-refractivity contribution in [3.05, 3.63) is 64.7 Å². The number of aliphatic hydroxyl groups excluding tert-OH is 1. The lowest BCUT2D eigenvalue weighted by atomic mass is 9.94. The Morgan fingerprint density at radius 2 is 2.03 bits per heavy atom. The van der Waals surface area contributed by atoms with Crippen LogP contribution in [-0.2, 0) is 25.5 Å². The largest absolute Gasteiger partial charge is 0.507 e. The van der Waals surface area contributed by atoms with Gasteiger partial charge in [-0.1, -0.05) is 12.1 Å². The number of hydrogen-bond acceptors (Lipinski definition) is 7. The summed E-state index contributed by atoms with van der Waals surface area (Å²) in [6, 6.07) is 11.0. The highest BCUT2D eigenvalue weighted by Gasteiger charge is 2.46. The lowest BCUT2D eigenvalue weighted by Crippen LogP contribution is -2.32. The molecule has 1 saturated heterocycles. The third kappa shape index (κ3) is 4.47. The highest BCUT2D eigenvalue weighted by Crippen LogP contribution is 2.40. The van der Waals surface area contributed by atoms with Crippen LogP contribution in [0.2, 0.25) is 0 Å². The van der Waals surface area contributed by atoms with Gasteiger partial charge in [0.25, 0.3) is 11.7 Å². The molecule has 1 atom stereocenters. The normalized spacial score (nSPS) is 19.2. The van der Waals surface area contributed by atoms with Crippen molar-refractivity contribution in [1.82, 2.24) is 4.90 Å². The van der Waals surface area contributed by atoms with Gasteiger partial charge in [0.1, 0.15) is 17.3 Å². The van der Waals surface area contributed by atoms with Gasteiger partial charge in [-0.3, -0.25) is 14.4 Å². The number of ketones is 1. The Hall–Kier alpha value is -3.65. The molecule has 0 aromatic heterocycles. The quantitative estimate of drug-likeness (QED) is 0.237. The van der Waals surface area contributed by atoms with E-state index >= 15 is 0 Å². The summed E-state index contributed by atoms with van der Waals surface area (Å²) in [5.74, 6) is -1.22. The van der Waals surface area contributed by atoms with Gasteiger partial charge >= 0.3 is 5.97 Å². The molecule has 0 saturated carbocycles. The minimum absolute atomic E-state index is 0.0206. The monoisotopic (exact) mass is 451 g/mol. The van der Waals surface area contributed by atoms with Gasteiger partial charge in [-0.15, -0.1) is 0 Å². The maximum atomic E-state index is 13.1. The Morgan fingerprint density at radius 3 is 2.79 bits per heavy atom. The number of methoxy groups -OCH3 is 1. The van der Waals surface area contributed by atoms with Crippen LogP contribution in [0, 0.1) is 0 Å². The molecule has 1 fully saturated rings. The smallest absolute Gasteiger partial charge is 0.308 e. The number of nitrogens with zero attached hydrogens (tertiary/aromatic N) is 1. The van der Waals surface area contributed by atoms with Crippen LogP contribution in [-0.4, -0.2) is 54.5 Å². The first-order valence-electron chi connectivity index (χ1n) is 10.7. The van der Waals surface area contributed by atoms with Crippen LogP contribution in [0.1, 0.15) is 36.1 Å². The highest BCUT2D eigenvalue weighted by molar-refractivity contribution is 6.46. The van der Waals surface area contributed by atoms with Gasteiger partial charge in [-0.25, -0.2) is 0 Å². The second kappa shape index (κ2) is 9.46. The summed E-state index contributed by atoms with van der Waals surface area (Å²) in [7, 11) is 1.50. The van der Waals surface area contributed by atoms with Crippen LogP contribution in [0.25, 0.3) is 5.76 Å². The molecule has 0 radical (unpaired) electrons. The van der Waals surface area contributed by atoms with Crippen LogP contribution < -0.4 is 9.47 Å². The van der Waals surface area contributed by atoms with Crippen LogP contribution in [0.4, 0.5) is 0 Å². The Morgan fingerprint density at radius 1 is 1.21 bits per heavy atom. The van der Waals surface area contributed by atoms with Crippen molar-refractivity contribution in [2.75, 3.05) is 26.9 Å². The SMILES string of the molecule is COCCN1C(=O)C(=O)/C(=C(\O)c2ccc3c(c2)CCCO3)C1c1cccc(OC(C)=O)c1. The molecule has 4 rings (SSSR count). The fourth-order valence-corrected chi connectivity index (χ4v) is 4.22. The van der Waals surface area contributed by atoms with E-state index in [1.54, 1.807) is 42.5 Å². The molecule has 2 aliphatic rings. The number of carbonyl (C=O) groups is 3. The number of fused-ring (bicyclic) bond motifs is 1. The molecular formula is C25H25NO7. The number of benzene rings is 2. The Balaban J connectivity index is 1.83. The average Bonchev–Trinajstić information content (AvgIpc) is 3.06. The lowest BCUT2D eigenvalue weighted by molar-refractivity contribution is -0.140. The summed E-state index contributed by atoms with van der Waals surface area (Å²) in [5, 5.41) is 11.2. The number of Topliss-reactive ketones (excluding diaryl/α,β-unsaturated/α-hetero) is 1. The number of esters is 1. The molecule has 0 bridgehead atoms. The molecule has 1 amide bonds. The molecule has 172 valence electrons. The van der Waals surface area contributed by atoms with E-state index in [0.29, 0.717) is 17.7 Å². The molecule has 2 aliphatic heterocycles. The number of rotatable bonds is 6. The first-order chi connectivity index (χ1) is 15.9. The number of ether oxygens (including phenoxy) is 3. The van der Waals surface area contributed by atoms with Crippen LogP contribution >= 0.6 is 0 Å². The molecule has 2 heterocycles. The fraction of sp³-hybridized carbons (Fsp3) is 0.320. The summed E-state index contributed by atoms with van der Waals surface area (Å²) >= 11 is 0. The van der Waals surface area contributed by atoms with E-state index in [1.807, 2.05) is 0 Å². The maximum absolute atomic E-state index is 13.1. The van der Waals surface area contributed by atoms with Gasteiger partial charge in [0, 0.05) is 26.1 Å². The lowest BCUT2D eigenvalue weighted by Gasteiger charge is -2.25. The molecule has 1 unspecified atom stereocenters. The Kier molecular flexibility index (Phi) is 6.46. The van der Waals surface area contributed by atoms with Crippen molar-refractivity contribution in [2.24, 2.45) is 0 Å². The van der Waals surface area contributed by atoms with E-state index in [1.165, 1.54) is 18.9 Å². The number of amides is 1. The maximum Gasteiger partial charge on any atom is 0.308 e. The van der Waals surface area contributed by atoms with Gasteiger partial charge in [0.15, 0.2) is 0 Å². The second-order valence-corrected chi connectivity index (χ2v) is 7.93. The van der Waals surface area contributed by atoms with Gasteiger partial charge in [-0.05, 0) is 54.3 Å². The molecule has 2 aromatic carbocycles. The third-order valence-electron chi connectivity index (χ3n) is 5.69. The van der Waals surface area contributed by atoms with Crippen molar-refractivity contribution in [1.29, 1.82) is 0 Å². The molecule has 33 heavy (non-hydrogen) atoms. The minimum atomic E-state index is -0.858. The van der Waals surface area contributed by atoms with Crippen LogP contribution in [0.3, 0.4) is 0 Å². The standard InChI is InChI=1S/C25H25NO7/c1-15(27)33-19-7-3-5-17(14-19)22-21(24(29)25(30)26(22)10-12-31-2)23(28)18-8-9-20-16(13-18)6-4-11-32-20/h3,5,7-9,13-14,22,28H,4,6,10-12H2,1-2H3/b23-21-. The van der Waals surface area contributed by atoms with Gasteiger partial charge in [0.2, 0.25) is 0 Å². The number of aliphatic hydroxyl groups is 1. The Labute approximate surface area is 191 Å². The molecule has 1 N–H and O–H groups in total. The molecule has 0 spiro atoms. The summed E-state index contributed by atoms with van der Waals surface area (Å²) in [6.45, 7) is 2.29. The summed E-state index contributed by atoms with van der Waals surface area (Å²) in [4.78, 5) is 38.8. The highest BCUT2D eigenvalue weighted by atomic mass is 16.5. The zero-order valence-corrected chi connectivity index (χ0v) is 18.5. The average molecular weight is 451 g/mol. The van der Waals surface area contributed by atoms with Gasteiger partial charge < -0.3 is 24.2 Å². The number of likely N-dealkylation sites (tertiary alicyclic amines) is 1. The molecular weight excluding hydrogens is 426 g/mol. The topological polar surface area (TPSA) is 102 Å². The zero-order valence-electron chi connectivity index (χ0n) is 18.5. The fourth-order valence-electron chi connectivity index (χ4n) is 4.22. The van der Waals surface area contributed by atoms with E-state index in [0.717, 1.165) is 24.2 Å². The minimum Gasteiger partial charge on any atom is -0.507 e. The molecule has 8 heteroatoms. The second-order valence-electron chi connectivity index (χ2n) is 7.93. The van der Waals surface area contributed by atoms with E-state index < -0.39 is 23.7 Å². The predicted molar refractivity (Wildman–Crippen MR) is 119 cm³/mol. The van der Waals surface area contributed by atoms with E-state index in [9.17, 15) is 19.5 Å². The van der Waals surface area contributed by atoms with Crippen molar-refractivity contribution in [2.45, 2.75) is 25.8 Å². The summed E-state index contributed by atoms with van der Waals surface area (Å²) < 4.78 is 15.9. The Bertz CT molecular complexity index is 1140. The van der Waals surface area contributed by atoms with Gasteiger partial charge in [0.05, 0.1) is 24.8 Å². The number of aryl methyl sites for hydroxylation is 1. The van der Waals surface area contributed by atoms with Crippen LogP contribution in [0.5, 0.6) is 11.5 Å². The van der Waals surface area contributed by atoms with Crippen LogP contribution in [0.15, 0.2) is 48.0 Å². The van der Waals surface area contributed by atoms with E-state index in [-0.39, 0.29) is 30.2 Å². The predicted octanol–water partition coefficient (Wildman–Crippen LogP) is 3.01. The number of carbonyl (C=O) groups excluding carboxylic acids is 3. The molecule has 2 aromatic rings. The molecule has 0 aliphatic carbocycles. The van der Waals surface area contributed by atoms with Crippen molar-refractivity contribution in [3.63, 3.8) is 0 Å². The first kappa shape index (κ1) is 22.5. The van der Waals surface area contributed by atoms with Gasteiger partial charge in [-0.2, -0.15) is 0 Å². The van der Waals surface area contributed by atoms with Crippen molar-refractivity contribution < 1.29 is 33.7 Å². The van der Waals surface area contributed by atoms with Crippen molar-refractivity contribution >= 4 is 23.4 Å². The third-order valence-corrected chi connectivity index (χ3v) is 5.69. The van der Waals surface area contributed by atoms with E-state index in [4.69, 9.17) is 14.2 Å². The van der Waals surface area contributed by atoms with Crippen molar-refractivity contribution in [3.8, 4) is 11.5 Å². The zero-order chi connectivity index (χ0) is 23.5. The van der Waals surface area contributed by atoms with E-state index in [2.05, 4.69) is 0 Å². The molecule has 8 nitrogen and oxygen atoms in total.